The summed E-state index contributed by atoms with van der Waals surface area (Å²) in [4.78, 5) is 12.6. The summed E-state index contributed by atoms with van der Waals surface area (Å²) in [5.41, 5.74) is 6.27. The summed E-state index contributed by atoms with van der Waals surface area (Å²) in [5, 5.41) is 14.1. The van der Waals surface area contributed by atoms with E-state index < -0.39 is 5.41 Å². The summed E-state index contributed by atoms with van der Waals surface area (Å²) in [6.07, 6.45) is 2.75. The normalized spacial score (nSPS) is 17.8. The highest BCUT2D eigenvalue weighted by molar-refractivity contribution is 5.93. The first kappa shape index (κ1) is 19.2. The smallest absolute Gasteiger partial charge is 0.204 e. The van der Waals surface area contributed by atoms with Crippen LogP contribution in [0.25, 0.3) is 23.0 Å². The molecule has 0 aliphatic heterocycles. The predicted molar refractivity (Wildman–Crippen MR) is 115 cm³/mol. The highest BCUT2D eigenvalue weighted by atomic mass is 16.1. The van der Waals surface area contributed by atoms with Gasteiger partial charge >= 0.3 is 0 Å². The molecule has 3 aromatic rings. The first-order valence-corrected chi connectivity index (χ1v) is 9.89. The minimum absolute atomic E-state index is 0.148. The van der Waals surface area contributed by atoms with Gasteiger partial charge in [-0.1, -0.05) is 62.4 Å². The fourth-order valence-electron chi connectivity index (χ4n) is 4.11. The molecule has 0 saturated carbocycles. The number of carbonyl (C=O) groups is 1. The lowest BCUT2D eigenvalue weighted by Crippen LogP contribution is -2.42. The number of nitrogens with one attached hydrogen (secondary N) is 1. The van der Waals surface area contributed by atoms with Crippen LogP contribution in [-0.2, 0) is 15.6 Å². The van der Waals surface area contributed by atoms with Gasteiger partial charge in [0.2, 0.25) is 5.82 Å². The zero-order valence-electron chi connectivity index (χ0n) is 17.6. The van der Waals surface area contributed by atoms with Crippen molar-refractivity contribution in [2.45, 2.75) is 51.9 Å². The van der Waals surface area contributed by atoms with Crippen molar-refractivity contribution in [1.29, 1.82) is 0 Å². The zero-order chi connectivity index (χ0) is 20.8. The maximum Gasteiger partial charge on any atom is 0.204 e. The van der Waals surface area contributed by atoms with Crippen molar-refractivity contribution in [3.05, 3.63) is 64.7 Å². The van der Waals surface area contributed by atoms with Gasteiger partial charge in [-0.25, -0.2) is 0 Å². The number of aromatic amines is 1. The largest absolute Gasteiger partial charge is 0.299 e. The van der Waals surface area contributed by atoms with Crippen LogP contribution in [0.2, 0.25) is 0 Å². The van der Waals surface area contributed by atoms with Crippen LogP contribution in [-0.4, -0.2) is 26.4 Å². The summed E-state index contributed by atoms with van der Waals surface area (Å²) in [6.45, 7) is 10.5. The van der Waals surface area contributed by atoms with Gasteiger partial charge in [0.15, 0.2) is 0 Å². The van der Waals surface area contributed by atoms with Crippen molar-refractivity contribution in [2.75, 3.05) is 0 Å². The van der Waals surface area contributed by atoms with E-state index in [1.54, 1.807) is 0 Å². The number of fused-ring (bicyclic) bond motifs is 1. The van der Waals surface area contributed by atoms with E-state index in [1.807, 2.05) is 26.0 Å². The second kappa shape index (κ2) is 6.76. The maximum atomic E-state index is 12.6. The van der Waals surface area contributed by atoms with Crippen molar-refractivity contribution in [2.24, 2.45) is 0 Å². The minimum Gasteiger partial charge on any atom is -0.299 e. The number of tetrazole rings is 1. The van der Waals surface area contributed by atoms with Gasteiger partial charge in [0, 0.05) is 17.4 Å². The maximum absolute atomic E-state index is 12.6. The van der Waals surface area contributed by atoms with Crippen LogP contribution < -0.4 is 0 Å². The molecule has 0 fully saturated rings. The lowest BCUT2D eigenvalue weighted by Gasteiger charge is -2.40. The SMILES string of the molecule is C/C(=C\c1ccc(-c2nn[nH]n2)cc1)c1ccc2c(c1)C(C)(C)CC(=O)C2(C)C. The summed E-state index contributed by atoms with van der Waals surface area (Å²) >= 11 is 0. The van der Waals surface area contributed by atoms with E-state index in [-0.39, 0.29) is 5.41 Å². The molecule has 2 aromatic carbocycles. The second-order valence-corrected chi connectivity index (χ2v) is 9.05. The summed E-state index contributed by atoms with van der Waals surface area (Å²) < 4.78 is 0. The highest BCUT2D eigenvalue weighted by Gasteiger charge is 2.43. The highest BCUT2D eigenvalue weighted by Crippen LogP contribution is 2.44. The van der Waals surface area contributed by atoms with Crippen LogP contribution in [0.1, 0.15) is 63.3 Å². The van der Waals surface area contributed by atoms with Crippen LogP contribution in [0.15, 0.2) is 42.5 Å². The van der Waals surface area contributed by atoms with Crippen LogP contribution in [0.4, 0.5) is 0 Å². The molecule has 0 radical (unpaired) electrons. The molecule has 0 spiro atoms. The van der Waals surface area contributed by atoms with Crippen molar-refractivity contribution in [3.8, 4) is 11.4 Å². The Morgan fingerprint density at radius 3 is 2.41 bits per heavy atom. The van der Waals surface area contributed by atoms with Crippen molar-refractivity contribution >= 4 is 17.4 Å². The van der Waals surface area contributed by atoms with Gasteiger partial charge in [-0.3, -0.25) is 4.79 Å². The van der Waals surface area contributed by atoms with Crippen molar-refractivity contribution in [3.63, 3.8) is 0 Å². The molecule has 5 heteroatoms. The Labute approximate surface area is 171 Å². The topological polar surface area (TPSA) is 71.5 Å². The zero-order valence-corrected chi connectivity index (χ0v) is 17.6. The Morgan fingerprint density at radius 1 is 1.03 bits per heavy atom. The number of Topliss-reactive ketones (excluding diaryl/α,β-unsaturated/α-hetero) is 1. The van der Waals surface area contributed by atoms with E-state index in [4.69, 9.17) is 0 Å². The average Bonchev–Trinajstić information content (AvgIpc) is 3.21. The molecular formula is C24H26N4O. The molecular weight excluding hydrogens is 360 g/mol. The molecule has 5 nitrogen and oxygen atoms in total. The molecule has 0 amide bonds. The second-order valence-electron chi connectivity index (χ2n) is 9.05. The van der Waals surface area contributed by atoms with Crippen molar-refractivity contribution < 1.29 is 4.79 Å². The third-order valence-electron chi connectivity index (χ3n) is 6.07. The third-order valence-corrected chi connectivity index (χ3v) is 6.07. The lowest BCUT2D eigenvalue weighted by molar-refractivity contribution is -0.125. The standard InChI is InChI=1S/C24H26N4O/c1-15(12-16-6-8-17(9-7-16)22-25-27-28-26-22)18-10-11-19-20(13-18)23(2,3)14-21(29)24(19,4)5/h6-13H,14H2,1-5H3,(H,25,26,27,28)/b15-12+. The number of ketones is 1. The number of benzene rings is 2. The van der Waals surface area contributed by atoms with Crippen LogP contribution >= 0.6 is 0 Å². The number of allylic oxidation sites excluding steroid dienone is 1. The molecule has 0 unspecified atom stereocenters. The summed E-state index contributed by atoms with van der Waals surface area (Å²) in [6, 6.07) is 14.6. The molecule has 29 heavy (non-hydrogen) atoms. The lowest BCUT2D eigenvalue weighted by atomic mass is 9.62. The minimum atomic E-state index is -0.425. The van der Waals surface area contributed by atoms with E-state index in [0.29, 0.717) is 18.0 Å². The van der Waals surface area contributed by atoms with Crippen molar-refractivity contribution in [1.82, 2.24) is 20.6 Å². The van der Waals surface area contributed by atoms with Crippen LogP contribution in [0.5, 0.6) is 0 Å². The van der Waals surface area contributed by atoms with Gasteiger partial charge in [-0.05, 0) is 59.2 Å². The number of aromatic nitrogens is 4. The number of rotatable bonds is 3. The van der Waals surface area contributed by atoms with Gasteiger partial charge in [0.05, 0.1) is 0 Å². The molecule has 0 atom stereocenters. The predicted octanol–water partition coefficient (Wildman–Crippen LogP) is 4.96. The molecule has 1 aliphatic rings. The van der Waals surface area contributed by atoms with E-state index in [1.165, 1.54) is 16.7 Å². The first-order valence-electron chi connectivity index (χ1n) is 9.89. The fraction of sp³-hybridized carbons (Fsp3) is 0.333. The molecule has 1 aliphatic carbocycles. The number of carbonyl (C=O) groups excluding carboxylic acids is 1. The Kier molecular flexibility index (Phi) is 4.49. The number of hydrogen-bond acceptors (Lipinski definition) is 4. The Morgan fingerprint density at radius 2 is 1.76 bits per heavy atom. The monoisotopic (exact) mass is 386 g/mol. The van der Waals surface area contributed by atoms with Crippen LogP contribution in [0, 0.1) is 0 Å². The Bertz CT molecular complexity index is 1090. The van der Waals surface area contributed by atoms with E-state index >= 15 is 0 Å². The van der Waals surface area contributed by atoms with Gasteiger partial charge in [0.25, 0.3) is 0 Å². The molecule has 1 N–H and O–H groups in total. The fourth-order valence-corrected chi connectivity index (χ4v) is 4.11. The third kappa shape index (κ3) is 3.41. The molecule has 1 aromatic heterocycles. The van der Waals surface area contributed by atoms with Gasteiger partial charge in [-0.15, -0.1) is 10.2 Å². The number of nitrogens with zero attached hydrogens (tertiary/aromatic N) is 3. The molecule has 0 saturated heterocycles. The van der Waals surface area contributed by atoms with E-state index in [2.05, 4.69) is 77.8 Å². The van der Waals surface area contributed by atoms with Gasteiger partial charge < -0.3 is 0 Å². The number of hydrogen-bond donors (Lipinski definition) is 1. The van der Waals surface area contributed by atoms with E-state index in [0.717, 1.165) is 16.7 Å². The molecule has 0 bridgehead atoms. The van der Waals surface area contributed by atoms with Gasteiger partial charge in [0.1, 0.15) is 5.78 Å². The van der Waals surface area contributed by atoms with Gasteiger partial charge in [-0.2, -0.15) is 5.21 Å². The average molecular weight is 386 g/mol. The van der Waals surface area contributed by atoms with Crippen LogP contribution in [0.3, 0.4) is 0 Å². The Balaban J connectivity index is 1.68. The molecule has 4 rings (SSSR count). The Hall–Kier alpha value is -3.08. The molecule has 1 heterocycles. The first-order chi connectivity index (χ1) is 13.7. The summed E-state index contributed by atoms with van der Waals surface area (Å²) in [5.74, 6) is 0.906. The quantitative estimate of drug-likeness (QED) is 0.646. The number of H-pyrrole nitrogens is 1. The van der Waals surface area contributed by atoms with E-state index in [9.17, 15) is 4.79 Å². The summed E-state index contributed by atoms with van der Waals surface area (Å²) in [7, 11) is 0. The molecule has 148 valence electrons.